The fraction of sp³-hybridized carbons (Fsp3) is 0.0476. The number of hydrogen-bond acceptors (Lipinski definition) is 2. The summed E-state index contributed by atoms with van der Waals surface area (Å²) in [5.41, 5.74) is 18.1. The van der Waals surface area contributed by atoms with Crippen LogP contribution in [0.3, 0.4) is 0 Å². The van der Waals surface area contributed by atoms with Crippen molar-refractivity contribution in [1.82, 2.24) is 4.58 Å². The zero-order chi connectivity index (χ0) is 31.2. The SMILES string of the molecule is C=C/C=C(\N)C/C=C(\C=N)c1ccc2c3c(ccc2c1)-c1ccc(-c2cccc(-c4ccccc4)c2)cc1[N+]3=C/C=C\C=C/C. The summed E-state index contributed by atoms with van der Waals surface area (Å²) in [6.07, 6.45) is 17.8. The van der Waals surface area contributed by atoms with Gasteiger partial charge in [-0.25, -0.2) is 0 Å². The summed E-state index contributed by atoms with van der Waals surface area (Å²) in [6.45, 7) is 5.74. The van der Waals surface area contributed by atoms with Crippen LogP contribution < -0.4 is 10.3 Å². The first-order valence-corrected chi connectivity index (χ1v) is 15.2. The summed E-state index contributed by atoms with van der Waals surface area (Å²) in [5.74, 6) is 0. The summed E-state index contributed by atoms with van der Waals surface area (Å²) >= 11 is 0. The van der Waals surface area contributed by atoms with E-state index < -0.39 is 0 Å². The number of hydrogen-bond donors (Lipinski definition) is 2. The molecule has 0 radical (unpaired) electrons. The number of allylic oxidation sites excluding steroid dienone is 8. The van der Waals surface area contributed by atoms with Gasteiger partial charge in [0.15, 0.2) is 6.21 Å². The van der Waals surface area contributed by atoms with Crippen LogP contribution >= 0.6 is 0 Å². The molecular weight excluding hydrogens is 546 g/mol. The molecule has 218 valence electrons. The fourth-order valence-corrected chi connectivity index (χ4v) is 5.91. The molecule has 1 heterocycles. The number of nitrogens with zero attached hydrogens (tertiary/aromatic N) is 1. The molecule has 0 amide bonds. The molecule has 0 aliphatic carbocycles. The summed E-state index contributed by atoms with van der Waals surface area (Å²) in [6, 6.07) is 36.9. The molecule has 0 bridgehead atoms. The predicted molar refractivity (Wildman–Crippen MR) is 196 cm³/mol. The molecule has 1 aliphatic heterocycles. The maximum absolute atomic E-state index is 8.06. The van der Waals surface area contributed by atoms with Crippen molar-refractivity contribution in [3.05, 3.63) is 163 Å². The predicted octanol–water partition coefficient (Wildman–Crippen LogP) is 10.6. The zero-order valence-electron chi connectivity index (χ0n) is 25.4. The van der Waals surface area contributed by atoms with Gasteiger partial charge in [-0.1, -0.05) is 104 Å². The molecule has 3 N–H and O–H groups in total. The second-order valence-corrected chi connectivity index (χ2v) is 11.0. The number of rotatable bonds is 9. The normalized spacial score (nSPS) is 13.9. The highest BCUT2D eigenvalue weighted by atomic mass is 15.0. The van der Waals surface area contributed by atoms with E-state index in [1.807, 2.05) is 25.2 Å². The van der Waals surface area contributed by atoms with Crippen LogP contribution in [-0.4, -0.2) is 12.4 Å². The Bertz CT molecular complexity index is 2070. The number of nitrogens with two attached hydrogens (primary N) is 1. The number of benzene rings is 5. The van der Waals surface area contributed by atoms with E-state index in [9.17, 15) is 0 Å². The van der Waals surface area contributed by atoms with Crippen LogP contribution in [0.4, 0.5) is 11.4 Å². The minimum absolute atomic E-state index is 0.562. The van der Waals surface area contributed by atoms with Crippen molar-refractivity contribution in [1.29, 1.82) is 5.41 Å². The third kappa shape index (κ3) is 6.02. The average Bonchev–Trinajstić information content (AvgIpc) is 3.40. The first-order valence-electron chi connectivity index (χ1n) is 15.2. The molecule has 1 aliphatic rings. The Morgan fingerprint density at radius 2 is 1.53 bits per heavy atom. The Kier molecular flexibility index (Phi) is 8.61. The molecule has 45 heavy (non-hydrogen) atoms. The van der Waals surface area contributed by atoms with Crippen molar-refractivity contribution in [3.8, 4) is 33.4 Å². The van der Waals surface area contributed by atoms with E-state index in [0.717, 1.165) is 33.3 Å². The number of fused-ring (bicyclic) bond motifs is 5. The molecule has 5 aromatic rings. The van der Waals surface area contributed by atoms with Crippen LogP contribution in [0.25, 0.3) is 49.7 Å². The van der Waals surface area contributed by atoms with Crippen molar-refractivity contribution >= 4 is 40.1 Å². The van der Waals surface area contributed by atoms with E-state index in [4.69, 9.17) is 11.1 Å². The maximum Gasteiger partial charge on any atom is 0.227 e. The molecule has 0 saturated carbocycles. The van der Waals surface area contributed by atoms with E-state index in [-0.39, 0.29) is 0 Å². The molecular formula is C42H36N3+. The lowest BCUT2D eigenvalue weighted by Gasteiger charge is -2.07. The van der Waals surface area contributed by atoms with Crippen molar-refractivity contribution in [2.75, 3.05) is 0 Å². The van der Waals surface area contributed by atoms with E-state index in [1.54, 1.807) is 12.2 Å². The molecule has 0 saturated heterocycles. The van der Waals surface area contributed by atoms with Crippen LogP contribution in [-0.2, 0) is 0 Å². The van der Waals surface area contributed by atoms with E-state index in [1.165, 1.54) is 39.6 Å². The Morgan fingerprint density at radius 3 is 2.31 bits per heavy atom. The summed E-state index contributed by atoms with van der Waals surface area (Å²) in [5, 5.41) is 10.3. The maximum atomic E-state index is 8.06. The highest BCUT2D eigenvalue weighted by molar-refractivity contribution is 6.13. The molecule has 3 heteroatoms. The lowest BCUT2D eigenvalue weighted by Crippen LogP contribution is -2.02. The van der Waals surface area contributed by atoms with Crippen LogP contribution in [0.15, 0.2) is 158 Å². The molecule has 0 spiro atoms. The van der Waals surface area contributed by atoms with Gasteiger partial charge in [0.05, 0.1) is 16.5 Å². The molecule has 5 aromatic carbocycles. The van der Waals surface area contributed by atoms with Crippen LogP contribution in [0.2, 0.25) is 0 Å². The van der Waals surface area contributed by atoms with Crippen LogP contribution in [0.5, 0.6) is 0 Å². The van der Waals surface area contributed by atoms with Crippen LogP contribution in [0, 0.1) is 5.41 Å². The Labute approximate surface area is 265 Å². The van der Waals surface area contributed by atoms with Crippen LogP contribution in [0.1, 0.15) is 18.9 Å². The quantitative estimate of drug-likeness (QED) is 0.0994. The first-order chi connectivity index (χ1) is 22.1. The second kappa shape index (κ2) is 13.2. The zero-order valence-corrected chi connectivity index (χ0v) is 25.4. The van der Waals surface area contributed by atoms with Crippen molar-refractivity contribution in [2.45, 2.75) is 13.3 Å². The summed E-state index contributed by atoms with van der Waals surface area (Å²) in [4.78, 5) is 0. The van der Waals surface area contributed by atoms with Crippen molar-refractivity contribution in [2.24, 2.45) is 5.73 Å². The van der Waals surface area contributed by atoms with Gasteiger partial charge >= 0.3 is 0 Å². The van der Waals surface area contributed by atoms with E-state index in [2.05, 4.69) is 133 Å². The Hall–Kier alpha value is -5.80. The lowest BCUT2D eigenvalue weighted by molar-refractivity contribution is 1.15. The molecule has 0 aromatic heterocycles. The average molecular weight is 583 g/mol. The van der Waals surface area contributed by atoms with E-state index >= 15 is 0 Å². The second-order valence-electron chi connectivity index (χ2n) is 11.0. The molecule has 3 nitrogen and oxygen atoms in total. The smallest absolute Gasteiger partial charge is 0.227 e. The van der Waals surface area contributed by atoms with Gasteiger partial charge < -0.3 is 11.1 Å². The van der Waals surface area contributed by atoms with Gasteiger partial charge in [-0.15, -0.1) is 0 Å². The molecule has 0 fully saturated rings. The minimum Gasteiger partial charge on any atom is -0.402 e. The van der Waals surface area contributed by atoms with Crippen molar-refractivity contribution < 1.29 is 0 Å². The van der Waals surface area contributed by atoms with Gasteiger partial charge in [0.2, 0.25) is 11.4 Å². The highest BCUT2D eigenvalue weighted by Gasteiger charge is 2.33. The fourth-order valence-electron chi connectivity index (χ4n) is 5.91. The third-order valence-electron chi connectivity index (χ3n) is 8.11. The van der Waals surface area contributed by atoms with Gasteiger partial charge in [-0.2, -0.15) is 4.58 Å². The van der Waals surface area contributed by atoms with Crippen molar-refractivity contribution in [3.63, 3.8) is 0 Å². The molecule has 0 unspecified atom stereocenters. The monoisotopic (exact) mass is 582 g/mol. The lowest BCUT2D eigenvalue weighted by atomic mass is 9.95. The third-order valence-corrected chi connectivity index (χ3v) is 8.11. The van der Waals surface area contributed by atoms with Gasteiger partial charge in [-0.05, 0) is 82.1 Å². The Morgan fingerprint density at radius 1 is 0.778 bits per heavy atom. The summed E-state index contributed by atoms with van der Waals surface area (Å²) in [7, 11) is 0. The minimum atomic E-state index is 0.562. The van der Waals surface area contributed by atoms with Gasteiger partial charge in [-0.3, -0.25) is 0 Å². The molecule has 6 rings (SSSR count). The van der Waals surface area contributed by atoms with E-state index in [0.29, 0.717) is 12.1 Å². The van der Waals surface area contributed by atoms with Gasteiger partial charge in [0.25, 0.3) is 0 Å². The van der Waals surface area contributed by atoms with Gasteiger partial charge in [0, 0.05) is 30.5 Å². The largest absolute Gasteiger partial charge is 0.402 e. The number of nitrogens with one attached hydrogen (secondary N) is 1. The van der Waals surface area contributed by atoms with Gasteiger partial charge in [0.1, 0.15) is 0 Å². The summed E-state index contributed by atoms with van der Waals surface area (Å²) < 4.78 is 2.31. The highest BCUT2D eigenvalue weighted by Crippen LogP contribution is 2.49. The topological polar surface area (TPSA) is 52.9 Å². The Balaban J connectivity index is 1.45. The molecule has 0 atom stereocenters. The standard InChI is InChI=1S/C42H36N3/c1-3-5-6-10-25-45-41-28-34(32-16-11-15-31(26-32)30-13-8-7-9-14-30)19-23-39(41)40-24-20-35-27-33(18-22-38(35)42(40)45)36(29-43)17-21-37(44)12-4-2/h3-20,22-29,43H,2,21,44H2,1H3/q+1/b5-3-,10-6-,36-17+,37-12-,43-29?,45-25?. The first kappa shape index (κ1) is 29.3.